The number of rotatable bonds is 4. The molecular weight excluding hydrogens is 259 g/mol. The van der Waals surface area contributed by atoms with Gasteiger partial charge in [0.05, 0.1) is 19.7 Å². The molecule has 0 unspecified atom stereocenters. The van der Waals surface area contributed by atoms with E-state index in [-0.39, 0.29) is 17.8 Å². The van der Waals surface area contributed by atoms with Crippen LogP contribution in [0.5, 0.6) is 0 Å². The Kier molecular flexibility index (Phi) is 3.98. The maximum Gasteiger partial charge on any atom is 0.236 e. The number of halogens is 1. The molecule has 1 N–H and O–H groups in total. The highest BCUT2D eigenvalue weighted by atomic mass is 19.1. The summed E-state index contributed by atoms with van der Waals surface area (Å²) in [5.41, 5.74) is 0.528. The fraction of sp³-hybridized carbons (Fsp3) is 0.533. The summed E-state index contributed by atoms with van der Waals surface area (Å²) in [7, 11) is 0. The summed E-state index contributed by atoms with van der Waals surface area (Å²) in [4.78, 5) is 13.9. The normalized spacial score (nSPS) is 22.9. The number of hydrogen-bond donors (Lipinski definition) is 1. The highest BCUT2D eigenvalue weighted by molar-refractivity contribution is 5.78. The first-order valence-electron chi connectivity index (χ1n) is 7.11. The van der Waals surface area contributed by atoms with Crippen molar-refractivity contribution in [3.8, 4) is 0 Å². The zero-order valence-corrected chi connectivity index (χ0v) is 11.3. The van der Waals surface area contributed by atoms with E-state index in [1.165, 1.54) is 6.07 Å². The van der Waals surface area contributed by atoms with Gasteiger partial charge in [-0.15, -0.1) is 0 Å². The van der Waals surface area contributed by atoms with E-state index >= 15 is 0 Å². The molecule has 4 nitrogen and oxygen atoms in total. The molecule has 3 rings (SSSR count). The van der Waals surface area contributed by atoms with Crippen molar-refractivity contribution in [1.29, 1.82) is 0 Å². The molecule has 0 radical (unpaired) electrons. The lowest BCUT2D eigenvalue weighted by Gasteiger charge is -2.33. The van der Waals surface area contributed by atoms with Gasteiger partial charge in [-0.2, -0.15) is 0 Å². The summed E-state index contributed by atoms with van der Waals surface area (Å²) in [6.07, 6.45) is 1.96. The molecule has 1 atom stereocenters. The number of amides is 1. The molecule has 1 aromatic rings. The smallest absolute Gasteiger partial charge is 0.236 e. The van der Waals surface area contributed by atoms with Gasteiger partial charge in [0, 0.05) is 18.2 Å². The maximum absolute atomic E-state index is 13.8. The first kappa shape index (κ1) is 13.5. The topological polar surface area (TPSA) is 41.6 Å². The maximum atomic E-state index is 13.8. The van der Waals surface area contributed by atoms with E-state index in [9.17, 15) is 9.18 Å². The molecule has 1 aromatic carbocycles. The van der Waals surface area contributed by atoms with Gasteiger partial charge in [-0.05, 0) is 18.9 Å². The average molecular weight is 278 g/mol. The molecule has 0 bridgehead atoms. The molecule has 2 aliphatic rings. The summed E-state index contributed by atoms with van der Waals surface area (Å²) in [5.74, 6) is -0.204. The van der Waals surface area contributed by atoms with Crippen molar-refractivity contribution in [3.63, 3.8) is 0 Å². The molecule has 20 heavy (non-hydrogen) atoms. The standard InChI is InChI=1S/C15H19FN2O2/c16-13-4-2-1-3-12(13)14-10-18(7-8-20-14)15(19)9-17-11-5-6-11/h1-4,11,14,17H,5-10H2/t14-/m1/s1. The van der Waals surface area contributed by atoms with E-state index in [2.05, 4.69) is 5.32 Å². The van der Waals surface area contributed by atoms with Gasteiger partial charge in [-0.1, -0.05) is 18.2 Å². The van der Waals surface area contributed by atoms with Crippen molar-refractivity contribution in [2.45, 2.75) is 25.0 Å². The quantitative estimate of drug-likeness (QED) is 0.907. The van der Waals surface area contributed by atoms with Gasteiger partial charge in [-0.25, -0.2) is 4.39 Å². The first-order valence-corrected chi connectivity index (χ1v) is 7.11. The lowest BCUT2D eigenvalue weighted by Crippen LogP contribution is -2.46. The van der Waals surface area contributed by atoms with Crippen molar-refractivity contribution < 1.29 is 13.9 Å². The molecule has 5 heteroatoms. The highest BCUT2D eigenvalue weighted by Crippen LogP contribution is 2.24. The number of ether oxygens (including phenoxy) is 1. The van der Waals surface area contributed by atoms with Crippen LogP contribution in [0, 0.1) is 5.82 Å². The van der Waals surface area contributed by atoms with Gasteiger partial charge in [0.1, 0.15) is 11.9 Å². The van der Waals surface area contributed by atoms with Crippen LogP contribution in [0.1, 0.15) is 24.5 Å². The summed E-state index contributed by atoms with van der Waals surface area (Å²) < 4.78 is 19.4. The summed E-state index contributed by atoms with van der Waals surface area (Å²) >= 11 is 0. The Hall–Kier alpha value is -1.46. The molecule has 1 saturated heterocycles. The second kappa shape index (κ2) is 5.89. The molecule has 2 fully saturated rings. The van der Waals surface area contributed by atoms with Gasteiger partial charge >= 0.3 is 0 Å². The van der Waals surface area contributed by atoms with E-state index in [1.54, 1.807) is 23.1 Å². The lowest BCUT2D eigenvalue weighted by molar-refractivity contribution is -0.138. The lowest BCUT2D eigenvalue weighted by atomic mass is 10.1. The largest absolute Gasteiger partial charge is 0.370 e. The van der Waals surface area contributed by atoms with Crippen molar-refractivity contribution in [1.82, 2.24) is 10.2 Å². The Balaban J connectivity index is 1.60. The predicted molar refractivity (Wildman–Crippen MR) is 72.7 cm³/mol. The molecule has 1 aliphatic heterocycles. The summed E-state index contributed by atoms with van der Waals surface area (Å²) in [6, 6.07) is 7.11. The van der Waals surface area contributed by atoms with Gasteiger partial charge in [-0.3, -0.25) is 4.79 Å². The number of hydrogen-bond acceptors (Lipinski definition) is 3. The van der Waals surface area contributed by atoms with Gasteiger partial charge < -0.3 is 15.0 Å². The van der Waals surface area contributed by atoms with E-state index in [0.717, 1.165) is 12.8 Å². The zero-order valence-electron chi connectivity index (χ0n) is 11.3. The SMILES string of the molecule is O=C(CNC1CC1)N1CCO[C@@H](c2ccccc2F)C1. The third kappa shape index (κ3) is 3.16. The summed E-state index contributed by atoms with van der Waals surface area (Å²) in [5, 5.41) is 3.21. The van der Waals surface area contributed by atoms with Crippen molar-refractivity contribution in [2.24, 2.45) is 0 Å². The number of carbonyl (C=O) groups is 1. The molecule has 1 aliphatic carbocycles. The van der Waals surface area contributed by atoms with Crippen LogP contribution < -0.4 is 5.32 Å². The van der Waals surface area contributed by atoms with E-state index in [0.29, 0.717) is 37.8 Å². The monoisotopic (exact) mass is 278 g/mol. The minimum absolute atomic E-state index is 0.0709. The first-order chi connectivity index (χ1) is 9.74. The molecule has 1 amide bonds. The Labute approximate surface area is 117 Å². The number of nitrogens with zero attached hydrogens (tertiary/aromatic N) is 1. The molecule has 108 valence electrons. The van der Waals surface area contributed by atoms with Crippen LogP contribution in [-0.2, 0) is 9.53 Å². The van der Waals surface area contributed by atoms with Crippen LogP contribution >= 0.6 is 0 Å². The van der Waals surface area contributed by atoms with Gasteiger partial charge in [0.25, 0.3) is 0 Å². The fourth-order valence-corrected chi connectivity index (χ4v) is 2.43. The predicted octanol–water partition coefficient (Wildman–Crippen LogP) is 1.48. The van der Waals surface area contributed by atoms with Crippen LogP contribution in [0.15, 0.2) is 24.3 Å². The highest BCUT2D eigenvalue weighted by Gasteiger charge is 2.28. The molecule has 0 spiro atoms. The second-order valence-electron chi connectivity index (χ2n) is 5.38. The van der Waals surface area contributed by atoms with Crippen LogP contribution in [0.3, 0.4) is 0 Å². The van der Waals surface area contributed by atoms with E-state index in [1.807, 2.05) is 0 Å². The van der Waals surface area contributed by atoms with Crippen LogP contribution in [0.25, 0.3) is 0 Å². The Bertz CT molecular complexity index is 491. The molecule has 0 aromatic heterocycles. The fourth-order valence-electron chi connectivity index (χ4n) is 2.43. The number of morpholine rings is 1. The zero-order chi connectivity index (χ0) is 13.9. The minimum Gasteiger partial charge on any atom is -0.370 e. The van der Waals surface area contributed by atoms with Crippen LogP contribution in [0.2, 0.25) is 0 Å². The third-order valence-corrected chi connectivity index (χ3v) is 3.79. The average Bonchev–Trinajstić information content (AvgIpc) is 3.29. The van der Waals surface area contributed by atoms with Crippen LogP contribution in [0.4, 0.5) is 4.39 Å². The molecule has 1 saturated carbocycles. The number of benzene rings is 1. The third-order valence-electron chi connectivity index (χ3n) is 3.79. The van der Waals surface area contributed by atoms with Crippen molar-refractivity contribution >= 4 is 5.91 Å². The van der Waals surface area contributed by atoms with Crippen LogP contribution in [-0.4, -0.2) is 43.1 Å². The van der Waals surface area contributed by atoms with E-state index in [4.69, 9.17) is 4.74 Å². The molecular formula is C15H19FN2O2. The Morgan fingerprint density at radius 2 is 2.20 bits per heavy atom. The Morgan fingerprint density at radius 1 is 1.40 bits per heavy atom. The second-order valence-corrected chi connectivity index (χ2v) is 5.38. The summed E-state index contributed by atoms with van der Waals surface area (Å²) in [6.45, 7) is 1.82. The van der Waals surface area contributed by atoms with E-state index < -0.39 is 0 Å². The Morgan fingerprint density at radius 3 is 2.95 bits per heavy atom. The minimum atomic E-state index is -0.366. The van der Waals surface area contributed by atoms with Gasteiger partial charge in [0.15, 0.2) is 0 Å². The number of nitrogens with one attached hydrogen (secondary N) is 1. The van der Waals surface area contributed by atoms with Crippen molar-refractivity contribution in [3.05, 3.63) is 35.6 Å². The van der Waals surface area contributed by atoms with Crippen molar-refractivity contribution in [2.75, 3.05) is 26.2 Å². The number of carbonyl (C=O) groups excluding carboxylic acids is 1. The van der Waals surface area contributed by atoms with Gasteiger partial charge in [0.2, 0.25) is 5.91 Å². The molecule has 1 heterocycles.